The van der Waals surface area contributed by atoms with E-state index in [1.165, 1.54) is 0 Å². The second-order valence-corrected chi connectivity index (χ2v) is 6.38. The molecule has 1 saturated heterocycles. The number of hydrogen-bond acceptors (Lipinski definition) is 7. The summed E-state index contributed by atoms with van der Waals surface area (Å²) in [7, 11) is 0. The zero-order valence-electron chi connectivity index (χ0n) is 14.7. The van der Waals surface area contributed by atoms with Gasteiger partial charge in [-0.15, -0.1) is 0 Å². The zero-order chi connectivity index (χ0) is 17.8. The van der Waals surface area contributed by atoms with Crippen LogP contribution in [0.25, 0.3) is 11.5 Å². The Bertz CT molecular complexity index is 723. The van der Waals surface area contributed by atoms with Gasteiger partial charge < -0.3 is 19.5 Å². The van der Waals surface area contributed by atoms with Crippen LogP contribution in [0.1, 0.15) is 32.5 Å². The number of pyridine rings is 1. The number of carbonyl (C=O) groups is 1. The first-order valence-corrected chi connectivity index (χ1v) is 8.50. The van der Waals surface area contributed by atoms with Crippen molar-refractivity contribution in [3.63, 3.8) is 0 Å². The van der Waals surface area contributed by atoms with Gasteiger partial charge in [0.05, 0.1) is 11.7 Å². The molecule has 134 valence electrons. The molecule has 2 aromatic rings. The molecule has 0 aromatic carbocycles. The van der Waals surface area contributed by atoms with E-state index in [4.69, 9.17) is 9.26 Å². The van der Waals surface area contributed by atoms with Crippen molar-refractivity contribution in [3.8, 4) is 11.5 Å². The molecule has 1 aliphatic heterocycles. The van der Waals surface area contributed by atoms with Crippen LogP contribution in [0.2, 0.25) is 0 Å². The minimum atomic E-state index is -0.242. The van der Waals surface area contributed by atoms with Crippen LogP contribution < -0.4 is 5.32 Å². The molecule has 0 aliphatic carbocycles. The Morgan fingerprint density at radius 2 is 2.16 bits per heavy atom. The molecule has 0 bridgehead atoms. The third-order valence-corrected chi connectivity index (χ3v) is 4.00. The Morgan fingerprint density at radius 3 is 2.80 bits per heavy atom. The van der Waals surface area contributed by atoms with Gasteiger partial charge in [0.2, 0.25) is 0 Å². The molecule has 3 heterocycles. The molecular formula is C17H23N5O3. The summed E-state index contributed by atoms with van der Waals surface area (Å²) in [6, 6.07) is 3.96. The SMILES string of the molecule is Cc1noc(-c2cccnc2NC2CCN(C(=O)OC(C)C)CC2)n1. The number of anilines is 1. The van der Waals surface area contributed by atoms with E-state index in [1.54, 1.807) is 18.0 Å². The molecule has 0 radical (unpaired) electrons. The van der Waals surface area contributed by atoms with Crippen LogP contribution in [0.5, 0.6) is 0 Å². The average molecular weight is 345 g/mol. The number of ether oxygens (including phenoxy) is 1. The Hall–Kier alpha value is -2.64. The van der Waals surface area contributed by atoms with Crippen molar-refractivity contribution in [2.24, 2.45) is 0 Å². The number of hydrogen-bond donors (Lipinski definition) is 1. The van der Waals surface area contributed by atoms with Crippen LogP contribution in [0.15, 0.2) is 22.9 Å². The molecule has 0 atom stereocenters. The number of piperidine rings is 1. The van der Waals surface area contributed by atoms with E-state index < -0.39 is 0 Å². The summed E-state index contributed by atoms with van der Waals surface area (Å²) in [5.74, 6) is 1.75. The molecule has 8 heteroatoms. The van der Waals surface area contributed by atoms with Crippen LogP contribution in [0.3, 0.4) is 0 Å². The van der Waals surface area contributed by atoms with Crippen LogP contribution in [-0.2, 0) is 4.74 Å². The number of rotatable bonds is 4. The van der Waals surface area contributed by atoms with Crippen molar-refractivity contribution in [1.29, 1.82) is 0 Å². The average Bonchev–Trinajstić information content (AvgIpc) is 3.02. The molecule has 2 aromatic heterocycles. The lowest BCUT2D eigenvalue weighted by atomic mass is 10.1. The minimum absolute atomic E-state index is 0.0997. The highest BCUT2D eigenvalue weighted by Gasteiger charge is 2.25. The largest absolute Gasteiger partial charge is 0.447 e. The fraction of sp³-hybridized carbons (Fsp3) is 0.529. The molecule has 1 aliphatic rings. The maximum absolute atomic E-state index is 12.0. The van der Waals surface area contributed by atoms with Crippen LogP contribution in [0.4, 0.5) is 10.6 Å². The quantitative estimate of drug-likeness (QED) is 0.910. The Labute approximate surface area is 146 Å². The predicted molar refractivity (Wildman–Crippen MR) is 92.1 cm³/mol. The highest BCUT2D eigenvalue weighted by molar-refractivity contribution is 5.69. The topological polar surface area (TPSA) is 93.4 Å². The molecule has 0 unspecified atom stereocenters. The van der Waals surface area contributed by atoms with E-state index in [1.807, 2.05) is 26.0 Å². The number of nitrogens with one attached hydrogen (secondary N) is 1. The first-order chi connectivity index (χ1) is 12.0. The molecule has 1 fully saturated rings. The number of nitrogens with zero attached hydrogens (tertiary/aromatic N) is 4. The van der Waals surface area contributed by atoms with Gasteiger partial charge in [-0.1, -0.05) is 5.16 Å². The highest BCUT2D eigenvalue weighted by Crippen LogP contribution is 2.26. The van der Waals surface area contributed by atoms with Gasteiger partial charge in [0, 0.05) is 25.3 Å². The van der Waals surface area contributed by atoms with Gasteiger partial charge in [0.1, 0.15) is 5.82 Å². The molecule has 1 N–H and O–H groups in total. The van der Waals surface area contributed by atoms with Crippen LogP contribution in [0, 0.1) is 6.92 Å². The first kappa shape index (κ1) is 17.2. The summed E-state index contributed by atoms with van der Waals surface area (Å²) in [5.41, 5.74) is 0.782. The zero-order valence-corrected chi connectivity index (χ0v) is 14.7. The van der Waals surface area contributed by atoms with Crippen LogP contribution >= 0.6 is 0 Å². The van der Waals surface area contributed by atoms with Crippen LogP contribution in [-0.4, -0.2) is 51.4 Å². The summed E-state index contributed by atoms with van der Waals surface area (Å²) < 4.78 is 10.5. The summed E-state index contributed by atoms with van der Waals surface area (Å²) in [5, 5.41) is 7.27. The lowest BCUT2D eigenvalue weighted by molar-refractivity contribution is 0.0701. The van der Waals surface area contributed by atoms with E-state index in [0.717, 1.165) is 18.4 Å². The second kappa shape index (κ2) is 7.50. The lowest BCUT2D eigenvalue weighted by Crippen LogP contribution is -2.43. The van der Waals surface area contributed by atoms with Crippen molar-refractivity contribution in [2.75, 3.05) is 18.4 Å². The first-order valence-electron chi connectivity index (χ1n) is 8.50. The molecule has 0 spiro atoms. The van der Waals surface area contributed by atoms with E-state index >= 15 is 0 Å². The van der Waals surface area contributed by atoms with Gasteiger partial charge in [-0.25, -0.2) is 9.78 Å². The molecular weight excluding hydrogens is 322 g/mol. The van der Waals surface area contributed by atoms with Crippen molar-refractivity contribution in [1.82, 2.24) is 20.0 Å². The number of likely N-dealkylation sites (tertiary alicyclic amines) is 1. The van der Waals surface area contributed by atoms with Crippen molar-refractivity contribution in [2.45, 2.75) is 45.8 Å². The van der Waals surface area contributed by atoms with Crippen molar-refractivity contribution >= 4 is 11.9 Å². The third kappa shape index (κ3) is 4.26. The Morgan fingerprint density at radius 1 is 1.40 bits per heavy atom. The van der Waals surface area contributed by atoms with Crippen molar-refractivity contribution in [3.05, 3.63) is 24.2 Å². The monoisotopic (exact) mass is 345 g/mol. The number of amides is 1. The summed E-state index contributed by atoms with van der Waals surface area (Å²) >= 11 is 0. The predicted octanol–water partition coefficient (Wildman–Crippen LogP) is 2.86. The smallest absolute Gasteiger partial charge is 0.410 e. The van der Waals surface area contributed by atoms with E-state index in [0.29, 0.717) is 30.6 Å². The number of aryl methyl sites for hydroxylation is 1. The summed E-state index contributed by atoms with van der Waals surface area (Å²) in [6.07, 6.45) is 3.04. The van der Waals surface area contributed by atoms with Gasteiger partial charge in [-0.05, 0) is 45.7 Å². The number of carbonyl (C=O) groups excluding carboxylic acids is 1. The summed E-state index contributed by atoms with van der Waals surface area (Å²) in [6.45, 7) is 6.81. The van der Waals surface area contributed by atoms with Gasteiger partial charge in [0.15, 0.2) is 5.82 Å². The Kier molecular flexibility index (Phi) is 5.16. The maximum Gasteiger partial charge on any atom is 0.410 e. The van der Waals surface area contributed by atoms with E-state index in [-0.39, 0.29) is 18.2 Å². The Balaban J connectivity index is 1.62. The standard InChI is InChI=1S/C17H23N5O3/c1-11(2)24-17(23)22-9-6-13(7-10-22)20-15-14(5-4-8-18-15)16-19-12(3)21-25-16/h4-5,8,11,13H,6-7,9-10H2,1-3H3,(H,18,20). The second-order valence-electron chi connectivity index (χ2n) is 6.38. The number of aromatic nitrogens is 3. The van der Waals surface area contributed by atoms with Crippen molar-refractivity contribution < 1.29 is 14.1 Å². The minimum Gasteiger partial charge on any atom is -0.447 e. The fourth-order valence-corrected chi connectivity index (χ4v) is 2.78. The molecule has 3 rings (SSSR count). The molecule has 1 amide bonds. The molecule has 0 saturated carbocycles. The highest BCUT2D eigenvalue weighted by atomic mass is 16.6. The third-order valence-electron chi connectivity index (χ3n) is 4.00. The molecule has 25 heavy (non-hydrogen) atoms. The van der Waals surface area contributed by atoms with Gasteiger partial charge in [0.25, 0.3) is 5.89 Å². The normalized spacial score (nSPS) is 15.4. The van der Waals surface area contributed by atoms with Gasteiger partial charge in [-0.2, -0.15) is 4.98 Å². The maximum atomic E-state index is 12.0. The molecule has 8 nitrogen and oxygen atoms in total. The van der Waals surface area contributed by atoms with Gasteiger partial charge in [-0.3, -0.25) is 0 Å². The fourth-order valence-electron chi connectivity index (χ4n) is 2.78. The lowest BCUT2D eigenvalue weighted by Gasteiger charge is -2.32. The van der Waals surface area contributed by atoms with Gasteiger partial charge >= 0.3 is 6.09 Å². The van der Waals surface area contributed by atoms with E-state index in [2.05, 4.69) is 20.4 Å². The van der Waals surface area contributed by atoms with E-state index in [9.17, 15) is 4.79 Å². The summed E-state index contributed by atoms with van der Waals surface area (Å²) in [4.78, 5) is 22.4.